The Morgan fingerprint density at radius 3 is 0.611 bits per heavy atom. The van der Waals surface area contributed by atoms with Crippen LogP contribution >= 0.6 is 15.9 Å². The SMILES string of the molecule is C=CC.C=[CH][Sn]([CH2]CCC)([CH2]CCC)[CH2]CCC.CBr.CC.CC.CC.CC.CCC(=O)N=NCO.CCOC(=O)[C@H]1C[C@@H]1C.CCOC(=O)[C@H]1C[C@@H]1C.CCOC(=O)[C@H]1C[C@@H]1C.CCOC(=O)[C@H]1C[C@@H]1C.CCOC(=O)[C@H]1C[C@@H]1C.CN.CN.C[N+](=O)[O-].c1ccncc1.c1ccncc1.c1ccncc1.c1ccncc1.c1ccncc1.c1ccncc1.c1ccncc1. The maximum atomic E-state index is 10.8. The molecule has 12 rings (SSSR count). The first-order valence-electron chi connectivity index (χ1n) is 46.6. The number of unbranched alkanes of at least 4 members (excludes halogenated alkanes) is 3. The van der Waals surface area contributed by atoms with Gasteiger partial charge in [-0.2, -0.15) is 5.11 Å². The standard InChI is InChI=1S/5C7H12O2.7C5H5N.C4H8N2O2.3C4H9.C3H6.4C2H6.C2H3.CH3Br.CH3NO2.2CH5N.Sn/c5*1-3-9-7(8)6-4-5(6)2;7*1-2-4-6-5-3-1;1-2-4(8)6-5-3-7;3*1-3-4-2;1-3-2;6*1-2;1-2(3)4;2*1-2;/h5*5-6H,3-4H2,1-2H3;7*1-5H;7H,2-3H2,1H3;3*1,3-4H2,2H3;3H,1H2,2H3;4*1-2H3;1H,2H2;1H3;1H3;2*2H2,1H3;/t5*5-,6-;;;;;;;;;;;;;;;;;;;;;;/m00000....................../s1. The fraction of sp³-hybridized carbons (Fsp3) is 0.563. The molecule has 10 atom stereocenters. The van der Waals surface area contributed by atoms with Crippen molar-refractivity contribution in [3.8, 4) is 0 Å². The summed E-state index contributed by atoms with van der Waals surface area (Å²) in [7, 11) is 3.89. The summed E-state index contributed by atoms with van der Waals surface area (Å²) in [5.74, 6) is 5.46. The van der Waals surface area contributed by atoms with Gasteiger partial charge in [0.2, 0.25) is 0 Å². The molecule has 7 heterocycles. The Morgan fingerprint density at radius 1 is 0.389 bits per heavy atom. The van der Waals surface area contributed by atoms with E-state index in [9.17, 15) is 28.8 Å². The molecule has 5 fully saturated rings. The quantitative estimate of drug-likeness (QED) is 0.00829. The fourth-order valence-corrected chi connectivity index (χ4v) is 22.1. The first-order chi connectivity index (χ1) is 63.5. The summed E-state index contributed by atoms with van der Waals surface area (Å²) < 4.78 is 31.1. The third kappa shape index (κ3) is 115. The van der Waals surface area contributed by atoms with Gasteiger partial charge in [0.25, 0.3) is 5.91 Å². The van der Waals surface area contributed by atoms with Crippen LogP contribution in [0, 0.1) is 69.3 Å². The fourth-order valence-electron chi connectivity index (χ4n) is 9.14. The second-order valence-corrected chi connectivity index (χ2v) is 40.1. The number of hydrogen-bond donors (Lipinski definition) is 3. The molecule has 0 aromatic carbocycles. The van der Waals surface area contributed by atoms with E-state index in [1.807, 2.05) is 230 Å². The molecule has 0 unspecified atom stereocenters. The van der Waals surface area contributed by atoms with Crippen LogP contribution in [0.2, 0.25) is 13.3 Å². The van der Waals surface area contributed by atoms with Crippen LogP contribution < -0.4 is 11.5 Å². The van der Waals surface area contributed by atoms with Crippen molar-refractivity contribution >= 4 is 70.1 Å². The number of halogens is 1. The first kappa shape index (κ1) is 145. The Balaban J connectivity index is -0.000000130. The van der Waals surface area contributed by atoms with Crippen molar-refractivity contribution in [1.29, 1.82) is 0 Å². The smallest absolute Gasteiger partial charge is 0.309 e. The number of nitro groups is 1. The van der Waals surface area contributed by atoms with E-state index in [1.54, 1.807) is 113 Å². The van der Waals surface area contributed by atoms with Crippen LogP contribution in [-0.2, 0) is 52.5 Å². The number of aliphatic hydroxyl groups excluding tert-OH is 1. The summed E-state index contributed by atoms with van der Waals surface area (Å²) in [6.45, 7) is 55.8. The zero-order valence-electron chi connectivity index (χ0n) is 85.7. The number of nitrogens with two attached hydrogens (primary N) is 2. The number of aliphatic hydroxyl groups is 1. The van der Waals surface area contributed by atoms with Gasteiger partial charge in [0.05, 0.1) is 62.6 Å². The summed E-state index contributed by atoms with van der Waals surface area (Å²) in [4.78, 5) is 99.0. The van der Waals surface area contributed by atoms with Crippen molar-refractivity contribution in [2.75, 3.05) is 66.7 Å². The van der Waals surface area contributed by atoms with E-state index in [0.717, 1.165) is 39.2 Å². The van der Waals surface area contributed by atoms with Gasteiger partial charge in [-0.25, -0.2) is 0 Å². The third-order valence-electron chi connectivity index (χ3n) is 16.5. The number of carbonyl (C=O) groups excluding carboxylic acids is 6. The van der Waals surface area contributed by atoms with Gasteiger partial charge in [-0.15, -0.1) is 11.7 Å². The number of hydrogen-bond acceptors (Lipinski definition) is 24. The number of azo groups is 1. The molecule has 5 aliphatic rings. The van der Waals surface area contributed by atoms with Crippen molar-refractivity contribution < 1.29 is 62.5 Å². The summed E-state index contributed by atoms with van der Waals surface area (Å²) in [6.07, 6.45) is 40.2. The van der Waals surface area contributed by atoms with Gasteiger partial charge in [0, 0.05) is 98.1 Å². The number of aromatic nitrogens is 7. The molecule has 0 spiro atoms. The van der Waals surface area contributed by atoms with Crippen LogP contribution in [0.25, 0.3) is 0 Å². The number of pyridine rings is 7. The molecule has 0 radical (unpaired) electrons. The second-order valence-electron chi connectivity index (χ2n) is 26.9. The van der Waals surface area contributed by atoms with E-state index in [1.165, 1.54) is 52.6 Å². The van der Waals surface area contributed by atoms with Gasteiger partial charge >= 0.3 is 132 Å². The molecule has 1 amide bonds. The maximum Gasteiger partial charge on any atom is 0.309 e. The van der Waals surface area contributed by atoms with Crippen LogP contribution in [0.15, 0.2) is 248 Å². The summed E-state index contributed by atoms with van der Waals surface area (Å²) >= 11 is 1.09. The van der Waals surface area contributed by atoms with Crippen LogP contribution in [-0.4, -0.2) is 166 Å². The zero-order chi connectivity index (χ0) is 102. The number of rotatable bonds is 22. The van der Waals surface area contributed by atoms with Gasteiger partial charge in [-0.3, -0.25) is 73.8 Å². The Bertz CT molecular complexity index is 2740. The molecule has 746 valence electrons. The zero-order valence-corrected chi connectivity index (χ0v) is 90.1. The average Bonchev–Trinajstić information content (AvgIpc) is 1.75. The normalized spacial score (nSPS) is 16.1. The van der Waals surface area contributed by atoms with Gasteiger partial charge in [-0.1, -0.05) is 161 Å². The van der Waals surface area contributed by atoms with E-state index >= 15 is 0 Å². The molecule has 5 saturated carbocycles. The predicted molar refractivity (Wildman–Crippen MR) is 551 cm³/mol. The van der Waals surface area contributed by atoms with Gasteiger partial charge in [0.15, 0.2) is 13.8 Å². The molecule has 131 heavy (non-hydrogen) atoms. The topological polar surface area (TPSA) is 379 Å². The van der Waals surface area contributed by atoms with E-state index in [2.05, 4.69) is 145 Å². The third-order valence-corrected chi connectivity index (χ3v) is 30.6. The van der Waals surface area contributed by atoms with Crippen molar-refractivity contribution in [3.05, 3.63) is 248 Å². The molecule has 28 heteroatoms. The minimum absolute atomic E-state index is 0.00926. The monoisotopic (exact) mass is 2010 g/mol. The van der Waals surface area contributed by atoms with Gasteiger partial charge < -0.3 is 40.3 Å². The number of nitrogens with zero attached hydrogens (tertiary/aromatic N) is 10. The minimum atomic E-state index is -1.85. The predicted octanol–water partition coefficient (Wildman–Crippen LogP) is 24.8. The molecule has 0 aliphatic heterocycles. The maximum absolute atomic E-state index is 10.8. The summed E-state index contributed by atoms with van der Waals surface area (Å²) in [6, 6.07) is 40.0. The van der Waals surface area contributed by atoms with Crippen LogP contribution in [0.4, 0.5) is 0 Å². The van der Waals surface area contributed by atoms with Crippen LogP contribution in [0.1, 0.15) is 236 Å². The Labute approximate surface area is 806 Å². The van der Waals surface area contributed by atoms with E-state index in [4.69, 9.17) is 38.9 Å². The molecular formula is C103H179BrN12O14Sn. The first-order valence-corrected chi connectivity index (χ1v) is 55.9. The number of carbonyl (C=O) groups is 6. The van der Waals surface area contributed by atoms with E-state index < -0.39 is 30.0 Å². The van der Waals surface area contributed by atoms with Crippen LogP contribution in [0.5, 0.6) is 0 Å². The summed E-state index contributed by atoms with van der Waals surface area (Å²) in [5.41, 5.74) is 9.00. The largest absolute Gasteiger partial charge is 0.466 e. The number of alkyl halides is 1. The molecule has 5 N–H and O–H groups in total. The Kier molecular flexibility index (Phi) is 133. The van der Waals surface area contributed by atoms with E-state index in [0.29, 0.717) is 69.0 Å². The van der Waals surface area contributed by atoms with E-state index in [-0.39, 0.29) is 65.3 Å². The molecular weight excluding hydrogens is 1830 g/mol. The average molecular weight is 2010 g/mol. The number of amides is 1. The number of ether oxygens (including phenoxy) is 5. The van der Waals surface area contributed by atoms with Crippen molar-refractivity contribution in [3.63, 3.8) is 0 Å². The Hall–Kier alpha value is -9.29. The Morgan fingerprint density at radius 2 is 0.534 bits per heavy atom. The van der Waals surface area contributed by atoms with Crippen molar-refractivity contribution in [1.82, 2.24) is 34.9 Å². The molecule has 26 nitrogen and oxygen atoms in total. The second kappa shape index (κ2) is 121. The number of allylic oxidation sites excluding steroid dienone is 1. The molecule has 7 aromatic rings. The molecule has 7 aromatic heterocycles. The van der Waals surface area contributed by atoms with Crippen LogP contribution in [0.3, 0.4) is 0 Å². The molecule has 0 saturated heterocycles. The molecule has 0 bridgehead atoms. The van der Waals surface area contributed by atoms with Gasteiger partial charge in [0.1, 0.15) is 0 Å². The minimum Gasteiger partial charge on any atom is -0.466 e. The van der Waals surface area contributed by atoms with Crippen molar-refractivity contribution in [2.24, 2.45) is 80.9 Å². The van der Waals surface area contributed by atoms with Gasteiger partial charge in [-0.05, 0) is 208 Å². The summed E-state index contributed by atoms with van der Waals surface area (Å²) in [5, 5.41) is 23.0. The number of esters is 5. The molecule has 5 aliphatic carbocycles. The van der Waals surface area contributed by atoms with Crippen molar-refractivity contribution in [2.45, 2.75) is 250 Å².